The molecule has 0 bridgehead atoms. The summed E-state index contributed by atoms with van der Waals surface area (Å²) >= 11 is 0. The van der Waals surface area contributed by atoms with Crippen molar-refractivity contribution in [1.82, 2.24) is 10.1 Å². The molecule has 10 heavy (non-hydrogen) atoms. The molecule has 0 atom stereocenters. The third kappa shape index (κ3) is 2.66. The predicted octanol–water partition coefficient (Wildman–Crippen LogP) is 1.35. The van der Waals surface area contributed by atoms with E-state index in [0.717, 1.165) is 0 Å². The lowest BCUT2D eigenvalue weighted by Gasteiger charge is -1.48. The normalized spacial score (nSPS) is 8.00. The molecule has 0 radical (unpaired) electrons. The van der Waals surface area contributed by atoms with E-state index in [9.17, 15) is 0 Å². The van der Waals surface area contributed by atoms with Gasteiger partial charge in [-0.1, -0.05) is 5.16 Å². The van der Waals surface area contributed by atoms with Gasteiger partial charge in [0.15, 0.2) is 6.39 Å². The van der Waals surface area contributed by atoms with Gasteiger partial charge >= 0.3 is 0 Å². The van der Waals surface area contributed by atoms with E-state index in [1.54, 1.807) is 18.5 Å². The Kier molecular flexibility index (Phi) is 2.82. The van der Waals surface area contributed by atoms with E-state index in [4.69, 9.17) is 0 Å². The molecular formula is C6H6N2O2. The zero-order valence-electron chi connectivity index (χ0n) is 5.18. The molecule has 2 aromatic heterocycles. The molecule has 2 rings (SSSR count). The second-order valence-corrected chi connectivity index (χ2v) is 1.36. The number of aromatic nitrogens is 2. The molecule has 0 aliphatic carbocycles. The predicted molar refractivity (Wildman–Crippen MR) is 33.0 cm³/mol. The Morgan fingerprint density at radius 2 is 2.10 bits per heavy atom. The first kappa shape index (κ1) is 6.54. The van der Waals surface area contributed by atoms with E-state index in [-0.39, 0.29) is 0 Å². The van der Waals surface area contributed by atoms with Gasteiger partial charge < -0.3 is 8.94 Å². The van der Waals surface area contributed by atoms with Crippen LogP contribution in [0.25, 0.3) is 0 Å². The van der Waals surface area contributed by atoms with Gasteiger partial charge in [-0.15, -0.1) is 0 Å². The average Bonchev–Trinajstić information content (AvgIpc) is 2.67. The largest absolute Gasteiger partial charge is 0.452 e. The summed E-state index contributed by atoms with van der Waals surface area (Å²) in [6.07, 6.45) is 7.57. The highest BCUT2D eigenvalue weighted by atomic mass is 16.5. The topological polar surface area (TPSA) is 52.1 Å². The Labute approximate surface area is 57.5 Å². The molecule has 4 heteroatoms. The van der Waals surface area contributed by atoms with Crippen LogP contribution in [0.1, 0.15) is 0 Å². The van der Waals surface area contributed by atoms with Gasteiger partial charge in [-0.05, 0) is 6.07 Å². The fourth-order valence-corrected chi connectivity index (χ4v) is 0.351. The van der Waals surface area contributed by atoms with Crippen LogP contribution in [0.4, 0.5) is 0 Å². The Morgan fingerprint density at radius 1 is 1.10 bits per heavy atom. The van der Waals surface area contributed by atoms with Crippen LogP contribution in [0.2, 0.25) is 0 Å². The Bertz CT molecular complexity index is 153. The molecule has 0 unspecified atom stereocenters. The van der Waals surface area contributed by atoms with Crippen LogP contribution in [-0.2, 0) is 0 Å². The lowest BCUT2D eigenvalue weighted by atomic mass is 10.8. The third-order valence-corrected chi connectivity index (χ3v) is 0.694. The van der Waals surface area contributed by atoms with Gasteiger partial charge in [0, 0.05) is 0 Å². The van der Waals surface area contributed by atoms with Crippen molar-refractivity contribution in [3.05, 3.63) is 37.4 Å². The molecule has 0 saturated heterocycles. The van der Waals surface area contributed by atoms with Crippen molar-refractivity contribution in [2.75, 3.05) is 0 Å². The maximum Gasteiger partial charge on any atom is 0.180 e. The van der Waals surface area contributed by atoms with Gasteiger partial charge in [0.2, 0.25) is 0 Å². The summed E-state index contributed by atoms with van der Waals surface area (Å²) in [5, 5.41) is 3.35. The number of nitrogens with zero attached hydrogens (tertiary/aromatic N) is 2. The molecule has 0 aliphatic heterocycles. The van der Waals surface area contributed by atoms with E-state index in [2.05, 4.69) is 19.1 Å². The van der Waals surface area contributed by atoms with Gasteiger partial charge in [-0.3, -0.25) is 0 Å². The monoisotopic (exact) mass is 138 g/mol. The summed E-state index contributed by atoms with van der Waals surface area (Å²) < 4.78 is 8.81. The van der Waals surface area contributed by atoms with E-state index < -0.39 is 0 Å². The van der Waals surface area contributed by atoms with Crippen molar-refractivity contribution >= 4 is 0 Å². The van der Waals surface area contributed by atoms with Gasteiger partial charge in [0.25, 0.3) is 0 Å². The van der Waals surface area contributed by atoms with Crippen LogP contribution in [-0.4, -0.2) is 10.1 Å². The van der Waals surface area contributed by atoms with Crippen LogP contribution in [0, 0.1) is 0 Å². The smallest absolute Gasteiger partial charge is 0.180 e. The Balaban J connectivity index is 0.0000001000. The fraction of sp³-hybridized carbons (Fsp3) is 0. The van der Waals surface area contributed by atoms with Crippen LogP contribution in [0.15, 0.2) is 46.3 Å². The molecule has 52 valence electrons. The second kappa shape index (κ2) is 4.31. The summed E-state index contributed by atoms with van der Waals surface area (Å²) in [6, 6.07) is 1.72. The van der Waals surface area contributed by atoms with E-state index in [0.29, 0.717) is 0 Å². The van der Waals surface area contributed by atoms with Crippen LogP contribution >= 0.6 is 0 Å². The molecule has 0 fully saturated rings. The number of hydrogen-bond donors (Lipinski definition) is 0. The first-order valence-electron chi connectivity index (χ1n) is 2.66. The summed E-state index contributed by atoms with van der Waals surface area (Å²) in [6.45, 7) is 0. The maximum absolute atomic E-state index is 4.47. The maximum atomic E-state index is 4.47. The molecule has 0 aliphatic rings. The lowest BCUT2D eigenvalue weighted by molar-refractivity contribution is 0.420. The number of hydrogen-bond acceptors (Lipinski definition) is 4. The summed E-state index contributed by atoms with van der Waals surface area (Å²) in [5.41, 5.74) is 0. The van der Waals surface area contributed by atoms with Crippen molar-refractivity contribution in [2.45, 2.75) is 0 Å². The standard InChI is InChI=1S/2C3H3NO/c1-2-5-3-4-1;1-2-4-5-3-1/h2*1-3H. The second-order valence-electron chi connectivity index (χ2n) is 1.36. The van der Waals surface area contributed by atoms with Crippen molar-refractivity contribution in [3.63, 3.8) is 0 Å². The summed E-state index contributed by atoms with van der Waals surface area (Å²) in [7, 11) is 0. The lowest BCUT2D eigenvalue weighted by Crippen LogP contribution is -1.38. The fourth-order valence-electron chi connectivity index (χ4n) is 0.351. The average molecular weight is 138 g/mol. The Morgan fingerprint density at radius 3 is 2.30 bits per heavy atom. The van der Waals surface area contributed by atoms with Crippen molar-refractivity contribution < 1.29 is 8.94 Å². The van der Waals surface area contributed by atoms with Crippen molar-refractivity contribution in [1.29, 1.82) is 0 Å². The quantitative estimate of drug-likeness (QED) is 0.551. The highest BCUT2D eigenvalue weighted by molar-refractivity contribution is 4.67. The first-order valence-corrected chi connectivity index (χ1v) is 2.66. The molecule has 2 heterocycles. The molecule has 0 aromatic carbocycles. The van der Waals surface area contributed by atoms with Crippen LogP contribution in [0.3, 0.4) is 0 Å². The van der Waals surface area contributed by atoms with Crippen molar-refractivity contribution in [2.24, 2.45) is 0 Å². The molecule has 2 aromatic rings. The molecule has 0 amide bonds. The first-order chi connectivity index (χ1) is 5.00. The van der Waals surface area contributed by atoms with Gasteiger partial charge in [0.05, 0.1) is 12.4 Å². The van der Waals surface area contributed by atoms with Gasteiger partial charge in [-0.25, -0.2) is 4.98 Å². The molecule has 0 N–H and O–H groups in total. The van der Waals surface area contributed by atoms with E-state index >= 15 is 0 Å². The summed E-state index contributed by atoms with van der Waals surface area (Å²) in [4.78, 5) is 3.56. The minimum Gasteiger partial charge on any atom is -0.452 e. The third-order valence-electron chi connectivity index (χ3n) is 0.694. The number of oxazole rings is 1. The molecule has 4 nitrogen and oxygen atoms in total. The molecule has 0 saturated carbocycles. The minimum absolute atomic E-state index is 1.38. The number of rotatable bonds is 0. The Hall–Kier alpha value is -1.58. The zero-order chi connectivity index (χ0) is 7.07. The van der Waals surface area contributed by atoms with E-state index in [1.165, 1.54) is 18.9 Å². The zero-order valence-corrected chi connectivity index (χ0v) is 5.18. The van der Waals surface area contributed by atoms with Gasteiger partial charge in [0.1, 0.15) is 12.5 Å². The highest BCUT2D eigenvalue weighted by Gasteiger charge is 1.60. The van der Waals surface area contributed by atoms with Crippen molar-refractivity contribution in [3.8, 4) is 0 Å². The van der Waals surface area contributed by atoms with Gasteiger partial charge in [-0.2, -0.15) is 0 Å². The van der Waals surface area contributed by atoms with Crippen LogP contribution in [0.5, 0.6) is 0 Å². The molecule has 0 spiro atoms. The highest BCUT2D eigenvalue weighted by Crippen LogP contribution is 1.72. The SMILES string of the molecule is c1cnoc1.c1cocn1. The van der Waals surface area contributed by atoms with E-state index in [1.807, 2.05) is 0 Å². The molecular weight excluding hydrogens is 132 g/mol. The minimum atomic E-state index is 1.38. The summed E-state index contributed by atoms with van der Waals surface area (Å²) in [5.74, 6) is 0. The van der Waals surface area contributed by atoms with Crippen LogP contribution < -0.4 is 0 Å².